The van der Waals surface area contributed by atoms with E-state index in [2.05, 4.69) is 15.5 Å². The van der Waals surface area contributed by atoms with Crippen molar-refractivity contribution in [3.8, 4) is 17.0 Å². The number of alkyl halides is 3. The van der Waals surface area contributed by atoms with Crippen LogP contribution in [0.25, 0.3) is 22.0 Å². The van der Waals surface area contributed by atoms with Gasteiger partial charge in [0.25, 0.3) is 0 Å². The molecule has 1 aliphatic carbocycles. The van der Waals surface area contributed by atoms with Gasteiger partial charge in [-0.15, -0.1) is 10.2 Å². The number of aromatic hydroxyl groups is 1. The third kappa shape index (κ3) is 3.85. The molecule has 0 unspecified atom stereocenters. The van der Waals surface area contributed by atoms with Gasteiger partial charge in [0.15, 0.2) is 5.82 Å². The van der Waals surface area contributed by atoms with Gasteiger partial charge in [-0.05, 0) is 31.0 Å². The fourth-order valence-electron chi connectivity index (χ4n) is 3.77. The predicted octanol–water partition coefficient (Wildman–Crippen LogP) is 4.74. The van der Waals surface area contributed by atoms with E-state index < -0.39 is 23.6 Å². The Morgan fingerprint density at radius 2 is 1.69 bits per heavy atom. The van der Waals surface area contributed by atoms with Gasteiger partial charge in [0.1, 0.15) is 11.4 Å². The number of hydrogen-bond acceptors (Lipinski definition) is 5. The molecule has 1 aliphatic rings. The third-order valence-corrected chi connectivity index (χ3v) is 5.32. The van der Waals surface area contributed by atoms with E-state index in [0.717, 1.165) is 37.1 Å². The number of hydrogen-bond donors (Lipinski definition) is 3. The van der Waals surface area contributed by atoms with Crippen molar-refractivity contribution in [1.82, 2.24) is 10.2 Å². The molecule has 2 aromatic carbocycles. The van der Waals surface area contributed by atoms with E-state index in [1.807, 2.05) is 12.1 Å². The van der Waals surface area contributed by atoms with Crippen LogP contribution in [0.3, 0.4) is 0 Å². The maximum absolute atomic E-state index is 12.9. The predicted molar refractivity (Wildman–Crippen MR) is 104 cm³/mol. The number of aliphatic hydroxyl groups is 1. The van der Waals surface area contributed by atoms with Gasteiger partial charge in [0.05, 0.1) is 17.7 Å². The molecule has 4 rings (SSSR count). The van der Waals surface area contributed by atoms with E-state index in [1.54, 1.807) is 12.1 Å². The molecule has 0 bridgehead atoms. The molecule has 2 atom stereocenters. The molecule has 1 heterocycles. The van der Waals surface area contributed by atoms with E-state index in [9.17, 15) is 23.4 Å². The van der Waals surface area contributed by atoms with E-state index in [0.29, 0.717) is 23.0 Å². The minimum absolute atomic E-state index is 0.133. The first-order chi connectivity index (χ1) is 13.8. The standard InChI is InChI=1S/C21H20F3N3O2/c22-21(23,24)12-9-10-15(18(29)11-12)19-13-5-1-2-6-14(13)20(27-26-19)25-16-7-3-4-8-17(16)28/h1-2,5-6,9-11,16-17,28-29H,3-4,7-8H2,(H,25,27)/t16-,17+/m0/s1. The SMILES string of the molecule is Oc1cc(C(F)(F)F)ccc1-c1nnc(N[C@H]2CCCC[C@H]2O)c2ccccc12. The van der Waals surface area contributed by atoms with Crippen LogP contribution < -0.4 is 5.32 Å². The number of rotatable bonds is 3. The maximum Gasteiger partial charge on any atom is 0.416 e. The molecule has 3 aromatic rings. The molecule has 8 heteroatoms. The van der Waals surface area contributed by atoms with Crippen molar-refractivity contribution in [2.45, 2.75) is 44.0 Å². The Kier molecular flexibility index (Phi) is 5.04. The van der Waals surface area contributed by atoms with Crippen molar-refractivity contribution < 1.29 is 23.4 Å². The number of benzene rings is 2. The first-order valence-corrected chi connectivity index (χ1v) is 9.45. The molecular weight excluding hydrogens is 383 g/mol. The maximum atomic E-state index is 12.9. The van der Waals surface area contributed by atoms with Crippen LogP contribution in [0.4, 0.5) is 19.0 Å². The van der Waals surface area contributed by atoms with Gasteiger partial charge >= 0.3 is 6.18 Å². The summed E-state index contributed by atoms with van der Waals surface area (Å²) in [5.41, 5.74) is -0.465. The molecule has 0 saturated heterocycles. The average Bonchev–Trinajstić information content (AvgIpc) is 2.69. The molecule has 3 N–H and O–H groups in total. The molecular formula is C21H20F3N3O2. The van der Waals surface area contributed by atoms with Crippen molar-refractivity contribution in [3.05, 3.63) is 48.0 Å². The quantitative estimate of drug-likeness (QED) is 0.589. The van der Waals surface area contributed by atoms with Gasteiger partial charge in [-0.2, -0.15) is 13.2 Å². The largest absolute Gasteiger partial charge is 0.507 e. The zero-order valence-electron chi connectivity index (χ0n) is 15.4. The fraction of sp³-hybridized carbons (Fsp3) is 0.333. The van der Waals surface area contributed by atoms with Crippen molar-refractivity contribution in [1.29, 1.82) is 0 Å². The van der Waals surface area contributed by atoms with Gasteiger partial charge in [-0.1, -0.05) is 37.1 Å². The molecule has 0 amide bonds. The van der Waals surface area contributed by atoms with Crippen LogP contribution in [0.5, 0.6) is 5.75 Å². The summed E-state index contributed by atoms with van der Waals surface area (Å²) in [5.74, 6) is -0.00982. The summed E-state index contributed by atoms with van der Waals surface area (Å²) >= 11 is 0. The van der Waals surface area contributed by atoms with E-state index in [1.165, 1.54) is 6.07 Å². The molecule has 152 valence electrons. The topological polar surface area (TPSA) is 78.3 Å². The minimum atomic E-state index is -4.54. The summed E-state index contributed by atoms with van der Waals surface area (Å²) in [6.45, 7) is 0. The lowest BCUT2D eigenvalue weighted by Gasteiger charge is -2.29. The first-order valence-electron chi connectivity index (χ1n) is 9.45. The second-order valence-electron chi connectivity index (χ2n) is 7.28. The normalized spacial score (nSPS) is 20.0. The summed E-state index contributed by atoms with van der Waals surface area (Å²) in [5, 5.41) is 33.5. The molecule has 5 nitrogen and oxygen atoms in total. The minimum Gasteiger partial charge on any atom is -0.507 e. The zero-order valence-corrected chi connectivity index (χ0v) is 15.4. The van der Waals surface area contributed by atoms with Crippen molar-refractivity contribution >= 4 is 16.6 Å². The van der Waals surface area contributed by atoms with Crippen LogP contribution in [0.2, 0.25) is 0 Å². The number of aromatic nitrogens is 2. The number of nitrogens with one attached hydrogen (secondary N) is 1. The van der Waals surface area contributed by atoms with E-state index in [4.69, 9.17) is 0 Å². The Balaban J connectivity index is 1.76. The van der Waals surface area contributed by atoms with Crippen molar-refractivity contribution in [3.63, 3.8) is 0 Å². The highest BCUT2D eigenvalue weighted by atomic mass is 19.4. The first kappa shape index (κ1) is 19.4. The van der Waals surface area contributed by atoms with E-state index >= 15 is 0 Å². The molecule has 1 fully saturated rings. The van der Waals surface area contributed by atoms with Gasteiger partial charge in [-0.3, -0.25) is 0 Å². The molecule has 0 spiro atoms. The number of phenols is 1. The molecule has 0 aliphatic heterocycles. The number of aliphatic hydroxyl groups excluding tert-OH is 1. The lowest BCUT2D eigenvalue weighted by atomic mass is 9.92. The number of phenolic OH excluding ortho intramolecular Hbond substituents is 1. The number of nitrogens with zero attached hydrogens (tertiary/aromatic N) is 2. The van der Waals surface area contributed by atoms with Crippen LogP contribution >= 0.6 is 0 Å². The summed E-state index contributed by atoms with van der Waals surface area (Å²) in [7, 11) is 0. The van der Waals surface area contributed by atoms with E-state index in [-0.39, 0.29) is 11.6 Å². The smallest absolute Gasteiger partial charge is 0.416 e. The van der Waals surface area contributed by atoms with Gasteiger partial charge < -0.3 is 15.5 Å². The third-order valence-electron chi connectivity index (χ3n) is 5.32. The monoisotopic (exact) mass is 403 g/mol. The Bertz CT molecular complexity index is 1040. The van der Waals surface area contributed by atoms with Gasteiger partial charge in [0, 0.05) is 16.3 Å². The average molecular weight is 403 g/mol. The Hall–Kier alpha value is -2.87. The van der Waals surface area contributed by atoms with Crippen LogP contribution in [-0.2, 0) is 6.18 Å². The molecule has 1 saturated carbocycles. The van der Waals surface area contributed by atoms with Crippen LogP contribution in [0.15, 0.2) is 42.5 Å². The number of halogens is 3. The van der Waals surface area contributed by atoms with Crippen LogP contribution in [0, 0.1) is 0 Å². The van der Waals surface area contributed by atoms with Gasteiger partial charge in [-0.25, -0.2) is 0 Å². The lowest BCUT2D eigenvalue weighted by Crippen LogP contribution is -2.36. The van der Waals surface area contributed by atoms with Gasteiger partial charge in [0.2, 0.25) is 0 Å². The lowest BCUT2D eigenvalue weighted by molar-refractivity contribution is -0.137. The fourth-order valence-corrected chi connectivity index (χ4v) is 3.77. The Labute approximate surface area is 165 Å². The second-order valence-corrected chi connectivity index (χ2v) is 7.28. The van der Waals surface area contributed by atoms with Crippen LogP contribution in [0.1, 0.15) is 31.2 Å². The summed E-state index contributed by atoms with van der Waals surface area (Å²) < 4.78 is 38.7. The molecule has 0 radical (unpaired) electrons. The number of fused-ring (bicyclic) bond motifs is 1. The highest BCUT2D eigenvalue weighted by Crippen LogP contribution is 2.39. The van der Waals surface area contributed by atoms with Crippen molar-refractivity contribution in [2.24, 2.45) is 0 Å². The Morgan fingerprint density at radius 3 is 2.38 bits per heavy atom. The summed E-state index contributed by atoms with van der Waals surface area (Å²) in [6, 6.07) is 9.88. The van der Waals surface area contributed by atoms with Crippen LogP contribution in [-0.4, -0.2) is 32.6 Å². The molecule has 29 heavy (non-hydrogen) atoms. The Morgan fingerprint density at radius 1 is 0.966 bits per heavy atom. The zero-order chi connectivity index (χ0) is 20.6. The number of anilines is 1. The second kappa shape index (κ2) is 7.51. The summed E-state index contributed by atoms with van der Waals surface area (Å²) in [4.78, 5) is 0. The summed E-state index contributed by atoms with van der Waals surface area (Å²) in [6.07, 6.45) is -1.48. The molecule has 1 aromatic heterocycles. The highest BCUT2D eigenvalue weighted by molar-refractivity contribution is 6.00. The highest BCUT2D eigenvalue weighted by Gasteiger charge is 2.31. The van der Waals surface area contributed by atoms with Crippen molar-refractivity contribution in [2.75, 3.05) is 5.32 Å².